The number of hydrogen-bond acceptors (Lipinski definition) is 5. The monoisotopic (exact) mass is 311 g/mol. The third-order valence-corrected chi connectivity index (χ3v) is 4.44. The summed E-state index contributed by atoms with van der Waals surface area (Å²) in [6.07, 6.45) is 4.13. The quantitative estimate of drug-likeness (QED) is 0.908. The Morgan fingerprint density at radius 3 is 2.74 bits per heavy atom. The second-order valence-corrected chi connectivity index (χ2v) is 6.32. The van der Waals surface area contributed by atoms with Crippen molar-refractivity contribution >= 4 is 5.82 Å². The van der Waals surface area contributed by atoms with Gasteiger partial charge in [-0.25, -0.2) is 9.97 Å². The predicted octanol–water partition coefficient (Wildman–Crippen LogP) is 3.13. The van der Waals surface area contributed by atoms with Crippen LogP contribution in [0, 0.1) is 13.8 Å². The zero-order valence-corrected chi connectivity index (χ0v) is 14.1. The number of anilines is 1. The number of piperidine rings is 1. The van der Waals surface area contributed by atoms with E-state index in [9.17, 15) is 0 Å². The molecule has 23 heavy (non-hydrogen) atoms. The van der Waals surface area contributed by atoms with E-state index < -0.39 is 0 Å². The molecule has 0 radical (unpaired) electrons. The lowest BCUT2D eigenvalue weighted by Gasteiger charge is -2.23. The molecular weight excluding hydrogens is 286 g/mol. The molecule has 0 aliphatic carbocycles. The molecule has 1 atom stereocenters. The fraction of sp³-hybridized carbons (Fsp3) is 0.500. The van der Waals surface area contributed by atoms with Gasteiger partial charge in [0.15, 0.2) is 0 Å². The molecule has 0 aromatic carbocycles. The third-order valence-electron chi connectivity index (χ3n) is 4.44. The highest BCUT2D eigenvalue weighted by molar-refractivity contribution is 5.40. The molecule has 2 aromatic heterocycles. The first-order valence-corrected chi connectivity index (χ1v) is 8.38. The Morgan fingerprint density at radius 1 is 1.22 bits per heavy atom. The zero-order chi connectivity index (χ0) is 16.2. The highest BCUT2D eigenvalue weighted by Crippen LogP contribution is 2.26. The molecule has 2 aromatic rings. The van der Waals surface area contributed by atoms with Crippen molar-refractivity contribution in [1.82, 2.24) is 20.3 Å². The van der Waals surface area contributed by atoms with Gasteiger partial charge in [-0.3, -0.25) is 4.98 Å². The molecule has 1 saturated heterocycles. The SMILES string of the molecule is Cc1nc(N[C@@H](C)c2ncccc2C)cc(C2CCNCC2)n1. The van der Waals surface area contributed by atoms with Gasteiger partial charge in [0.1, 0.15) is 11.6 Å². The number of rotatable bonds is 4. The molecule has 5 nitrogen and oxygen atoms in total. The Hall–Kier alpha value is -2.01. The minimum Gasteiger partial charge on any atom is -0.362 e. The van der Waals surface area contributed by atoms with Crippen LogP contribution in [0.5, 0.6) is 0 Å². The maximum absolute atomic E-state index is 4.66. The van der Waals surface area contributed by atoms with Crippen molar-refractivity contribution in [3.05, 3.63) is 47.2 Å². The maximum Gasteiger partial charge on any atom is 0.130 e. The van der Waals surface area contributed by atoms with E-state index in [-0.39, 0.29) is 6.04 Å². The van der Waals surface area contributed by atoms with Gasteiger partial charge in [0.05, 0.1) is 11.7 Å². The van der Waals surface area contributed by atoms with Gasteiger partial charge in [0.2, 0.25) is 0 Å². The normalized spacial score (nSPS) is 17.0. The molecule has 0 spiro atoms. The minimum absolute atomic E-state index is 0.117. The lowest BCUT2D eigenvalue weighted by molar-refractivity contribution is 0.452. The summed E-state index contributed by atoms with van der Waals surface area (Å²) in [5.41, 5.74) is 3.41. The second kappa shape index (κ2) is 7.04. The van der Waals surface area contributed by atoms with Crippen LogP contribution < -0.4 is 10.6 Å². The molecule has 1 aliphatic heterocycles. The van der Waals surface area contributed by atoms with Gasteiger partial charge in [-0.1, -0.05) is 6.07 Å². The average molecular weight is 311 g/mol. The van der Waals surface area contributed by atoms with Gasteiger partial charge in [-0.05, 0) is 58.3 Å². The first-order valence-electron chi connectivity index (χ1n) is 8.38. The summed E-state index contributed by atoms with van der Waals surface area (Å²) in [6.45, 7) is 8.32. The van der Waals surface area contributed by atoms with E-state index in [1.165, 1.54) is 5.56 Å². The highest BCUT2D eigenvalue weighted by Gasteiger charge is 2.18. The zero-order valence-electron chi connectivity index (χ0n) is 14.1. The fourth-order valence-electron chi connectivity index (χ4n) is 3.23. The van der Waals surface area contributed by atoms with Crippen molar-refractivity contribution in [1.29, 1.82) is 0 Å². The summed E-state index contributed by atoms with van der Waals surface area (Å²) < 4.78 is 0. The van der Waals surface area contributed by atoms with Crippen LogP contribution in [0.4, 0.5) is 5.82 Å². The minimum atomic E-state index is 0.117. The van der Waals surface area contributed by atoms with Crippen molar-refractivity contribution in [3.63, 3.8) is 0 Å². The summed E-state index contributed by atoms with van der Waals surface area (Å²) in [5.74, 6) is 2.25. The van der Waals surface area contributed by atoms with Crippen LogP contribution in [-0.2, 0) is 0 Å². The molecule has 1 fully saturated rings. The molecule has 2 N–H and O–H groups in total. The summed E-state index contributed by atoms with van der Waals surface area (Å²) in [6, 6.07) is 6.28. The van der Waals surface area contributed by atoms with E-state index >= 15 is 0 Å². The van der Waals surface area contributed by atoms with E-state index in [2.05, 4.69) is 51.6 Å². The van der Waals surface area contributed by atoms with Crippen LogP contribution in [0.25, 0.3) is 0 Å². The summed E-state index contributed by atoms with van der Waals surface area (Å²) in [4.78, 5) is 13.7. The first-order chi connectivity index (χ1) is 11.1. The number of nitrogens with one attached hydrogen (secondary N) is 2. The van der Waals surface area contributed by atoms with Gasteiger partial charge < -0.3 is 10.6 Å². The molecule has 3 rings (SSSR count). The number of aromatic nitrogens is 3. The van der Waals surface area contributed by atoms with Crippen LogP contribution in [-0.4, -0.2) is 28.0 Å². The van der Waals surface area contributed by atoms with Crippen molar-refractivity contribution < 1.29 is 0 Å². The van der Waals surface area contributed by atoms with E-state index in [1.807, 2.05) is 19.2 Å². The lowest BCUT2D eigenvalue weighted by Crippen LogP contribution is -2.27. The third kappa shape index (κ3) is 3.85. The van der Waals surface area contributed by atoms with Gasteiger partial charge >= 0.3 is 0 Å². The Labute approximate surface area is 138 Å². The van der Waals surface area contributed by atoms with Gasteiger partial charge in [-0.2, -0.15) is 0 Å². The van der Waals surface area contributed by atoms with E-state index in [0.29, 0.717) is 5.92 Å². The van der Waals surface area contributed by atoms with Crippen molar-refractivity contribution in [2.45, 2.75) is 45.6 Å². The Morgan fingerprint density at radius 2 is 2.00 bits per heavy atom. The molecule has 0 amide bonds. The smallest absolute Gasteiger partial charge is 0.130 e. The van der Waals surface area contributed by atoms with E-state index in [4.69, 9.17) is 0 Å². The van der Waals surface area contributed by atoms with Gasteiger partial charge in [0.25, 0.3) is 0 Å². The first kappa shape index (κ1) is 15.9. The molecule has 3 heterocycles. The second-order valence-electron chi connectivity index (χ2n) is 6.32. The molecule has 0 unspecified atom stereocenters. The van der Waals surface area contributed by atoms with Crippen LogP contribution in [0.2, 0.25) is 0 Å². The van der Waals surface area contributed by atoms with Gasteiger partial charge in [0, 0.05) is 23.9 Å². The van der Waals surface area contributed by atoms with Crippen LogP contribution in [0.15, 0.2) is 24.4 Å². The Balaban J connectivity index is 1.80. The Bertz CT molecular complexity index is 664. The van der Waals surface area contributed by atoms with E-state index in [1.54, 1.807) is 0 Å². The largest absolute Gasteiger partial charge is 0.362 e. The molecule has 0 saturated carbocycles. The molecule has 122 valence electrons. The number of nitrogens with zero attached hydrogens (tertiary/aromatic N) is 3. The van der Waals surface area contributed by atoms with Crippen LogP contribution >= 0.6 is 0 Å². The molecular formula is C18H25N5. The highest BCUT2D eigenvalue weighted by atomic mass is 15.1. The standard InChI is InChI=1S/C18H25N5/c1-12-5-4-8-20-18(12)13(2)21-17-11-16(22-14(3)23-17)15-6-9-19-10-7-15/h4-5,8,11,13,15,19H,6-7,9-10H2,1-3H3,(H,21,22,23)/t13-/m0/s1. The number of hydrogen-bond donors (Lipinski definition) is 2. The number of pyridine rings is 1. The summed E-state index contributed by atoms with van der Waals surface area (Å²) in [7, 11) is 0. The van der Waals surface area contributed by atoms with Crippen molar-refractivity contribution in [2.75, 3.05) is 18.4 Å². The number of aryl methyl sites for hydroxylation is 2. The average Bonchev–Trinajstić information content (AvgIpc) is 2.55. The summed E-state index contributed by atoms with van der Waals surface area (Å²) in [5, 5.41) is 6.90. The van der Waals surface area contributed by atoms with Gasteiger partial charge in [-0.15, -0.1) is 0 Å². The lowest BCUT2D eigenvalue weighted by atomic mass is 9.94. The topological polar surface area (TPSA) is 62.7 Å². The predicted molar refractivity (Wildman–Crippen MR) is 92.6 cm³/mol. The Kier molecular flexibility index (Phi) is 4.86. The van der Waals surface area contributed by atoms with E-state index in [0.717, 1.165) is 49.0 Å². The summed E-state index contributed by atoms with van der Waals surface area (Å²) >= 11 is 0. The molecule has 1 aliphatic rings. The molecule has 5 heteroatoms. The van der Waals surface area contributed by atoms with Crippen LogP contribution in [0.1, 0.15) is 54.5 Å². The fourth-order valence-corrected chi connectivity index (χ4v) is 3.23. The maximum atomic E-state index is 4.66. The van der Waals surface area contributed by atoms with Crippen molar-refractivity contribution in [2.24, 2.45) is 0 Å². The van der Waals surface area contributed by atoms with Crippen molar-refractivity contribution in [3.8, 4) is 0 Å². The van der Waals surface area contributed by atoms with Crippen LogP contribution in [0.3, 0.4) is 0 Å². The molecule has 0 bridgehead atoms.